The SMILES string of the molecule is CC(C)n1nnc2cc(-c3noc(C45C6C7C8C6C4(C(=O)O)C8C75)n3)ccc21. The third-order valence-electron chi connectivity index (χ3n) is 9.02. The number of carbonyl (C=O) groups is 1. The minimum Gasteiger partial charge on any atom is -0.481 e. The first-order valence-electron chi connectivity index (χ1n) is 9.97. The van der Waals surface area contributed by atoms with E-state index >= 15 is 0 Å². The molecule has 6 aliphatic rings. The van der Waals surface area contributed by atoms with Gasteiger partial charge in [-0.05, 0) is 67.6 Å². The molecule has 2 aromatic heterocycles. The zero-order valence-electron chi connectivity index (χ0n) is 15.3. The maximum Gasteiger partial charge on any atom is 0.311 e. The summed E-state index contributed by atoms with van der Waals surface area (Å²) >= 11 is 0. The Morgan fingerprint density at radius 3 is 2.68 bits per heavy atom. The number of rotatable bonds is 4. The van der Waals surface area contributed by atoms with Crippen molar-refractivity contribution in [2.45, 2.75) is 25.3 Å². The first kappa shape index (κ1) is 14.3. The smallest absolute Gasteiger partial charge is 0.311 e. The molecule has 0 amide bonds. The molecule has 8 nitrogen and oxygen atoms in total. The zero-order chi connectivity index (χ0) is 18.7. The van der Waals surface area contributed by atoms with Gasteiger partial charge in [-0.1, -0.05) is 10.4 Å². The second-order valence-corrected chi connectivity index (χ2v) is 9.56. The van der Waals surface area contributed by atoms with Crippen molar-refractivity contribution in [2.75, 3.05) is 0 Å². The lowest BCUT2D eigenvalue weighted by atomic mass is 8.92. The predicted octanol–water partition coefficient (Wildman–Crippen LogP) is 2.14. The van der Waals surface area contributed by atoms with Gasteiger partial charge in [0.1, 0.15) is 5.52 Å². The number of carboxylic acids is 1. The second kappa shape index (κ2) is 3.73. The molecular weight excluding hydrogens is 358 g/mol. The van der Waals surface area contributed by atoms with Crippen molar-refractivity contribution in [1.29, 1.82) is 0 Å². The summed E-state index contributed by atoms with van der Waals surface area (Å²) in [5, 5.41) is 22.7. The van der Waals surface area contributed by atoms with Crippen LogP contribution in [0.5, 0.6) is 0 Å². The molecule has 28 heavy (non-hydrogen) atoms. The Morgan fingerprint density at radius 1 is 1.21 bits per heavy atom. The molecule has 0 saturated heterocycles. The van der Waals surface area contributed by atoms with Crippen LogP contribution in [-0.4, -0.2) is 36.2 Å². The first-order chi connectivity index (χ1) is 13.5. The van der Waals surface area contributed by atoms with E-state index in [0.717, 1.165) is 22.5 Å². The average Bonchev–Trinajstić information content (AvgIpc) is 3.34. The Labute approximate surface area is 158 Å². The van der Waals surface area contributed by atoms with Gasteiger partial charge >= 0.3 is 5.97 Å². The second-order valence-electron chi connectivity index (χ2n) is 9.56. The molecule has 1 N–H and O–H groups in total. The first-order valence-corrected chi connectivity index (χ1v) is 9.97. The average molecular weight is 375 g/mol. The molecule has 8 heteroatoms. The molecular formula is C20H17N5O3. The Hall–Kier alpha value is -2.77. The summed E-state index contributed by atoms with van der Waals surface area (Å²) in [6, 6.07) is 6.08. The van der Waals surface area contributed by atoms with E-state index in [1.54, 1.807) is 0 Å². The number of carboxylic acid groups (broad SMARTS) is 1. The van der Waals surface area contributed by atoms with Crippen molar-refractivity contribution in [3.63, 3.8) is 0 Å². The monoisotopic (exact) mass is 375 g/mol. The third-order valence-corrected chi connectivity index (χ3v) is 9.02. The quantitative estimate of drug-likeness (QED) is 0.744. The van der Waals surface area contributed by atoms with E-state index in [-0.39, 0.29) is 11.5 Å². The molecule has 0 bridgehead atoms. The molecule has 0 aliphatic heterocycles. The summed E-state index contributed by atoms with van der Waals surface area (Å²) in [6.07, 6.45) is 0. The van der Waals surface area contributed by atoms with E-state index in [0.29, 0.717) is 41.3 Å². The van der Waals surface area contributed by atoms with Crippen LogP contribution in [0.25, 0.3) is 22.4 Å². The molecule has 1 aromatic carbocycles. The van der Waals surface area contributed by atoms with Crippen LogP contribution in [0.4, 0.5) is 0 Å². The van der Waals surface area contributed by atoms with E-state index in [1.165, 1.54) is 0 Å². The lowest BCUT2D eigenvalue weighted by Crippen LogP contribution is -3.13. The van der Waals surface area contributed by atoms with Crippen molar-refractivity contribution >= 4 is 17.0 Å². The van der Waals surface area contributed by atoms with E-state index < -0.39 is 11.4 Å². The molecule has 6 fully saturated rings. The van der Waals surface area contributed by atoms with Gasteiger partial charge in [0.25, 0.3) is 0 Å². The predicted molar refractivity (Wildman–Crippen MR) is 93.9 cm³/mol. The Kier molecular flexibility index (Phi) is 1.90. The van der Waals surface area contributed by atoms with Gasteiger partial charge in [-0.15, -0.1) is 5.10 Å². The summed E-state index contributed by atoms with van der Waals surface area (Å²) in [5.74, 6) is 3.46. The van der Waals surface area contributed by atoms with Crippen LogP contribution in [0.15, 0.2) is 22.7 Å². The standard InChI is InChI=1S/C20H17N5O3/c1-6(2)25-9-4-3-7(5-8(9)22-24-25)16-21-17(28-23-16)19-12-10-11-14(12)20(19,18(26)27)15(11)13(10)19/h3-6,10-15H,1-2H3,(H,26,27). The highest BCUT2D eigenvalue weighted by Crippen LogP contribution is 3.10. The lowest BCUT2D eigenvalue weighted by molar-refractivity contribution is -0.617. The lowest BCUT2D eigenvalue weighted by Gasteiger charge is -3.09. The number of hydrogen-bond donors (Lipinski definition) is 1. The van der Waals surface area contributed by atoms with E-state index in [4.69, 9.17) is 9.51 Å². The number of benzene rings is 1. The van der Waals surface area contributed by atoms with Crippen LogP contribution in [0, 0.1) is 40.9 Å². The number of nitrogens with zero attached hydrogens (tertiary/aromatic N) is 5. The number of aliphatic carboxylic acids is 1. The van der Waals surface area contributed by atoms with Gasteiger partial charge in [0.15, 0.2) is 0 Å². The Morgan fingerprint density at radius 2 is 1.96 bits per heavy atom. The van der Waals surface area contributed by atoms with Crippen LogP contribution in [0.2, 0.25) is 0 Å². The molecule has 6 saturated carbocycles. The van der Waals surface area contributed by atoms with Crippen LogP contribution in [-0.2, 0) is 10.2 Å². The van der Waals surface area contributed by atoms with Gasteiger partial charge in [-0.2, -0.15) is 4.98 Å². The van der Waals surface area contributed by atoms with Crippen LogP contribution < -0.4 is 0 Å². The van der Waals surface area contributed by atoms with Gasteiger partial charge in [-0.25, -0.2) is 4.68 Å². The molecule has 6 aliphatic carbocycles. The molecule has 4 atom stereocenters. The summed E-state index contributed by atoms with van der Waals surface area (Å²) in [5.41, 5.74) is 1.60. The normalized spacial score (nSPS) is 45.0. The fourth-order valence-corrected chi connectivity index (χ4v) is 8.43. The van der Waals surface area contributed by atoms with Crippen molar-refractivity contribution in [2.24, 2.45) is 40.9 Å². The van der Waals surface area contributed by atoms with Crippen molar-refractivity contribution in [1.82, 2.24) is 25.1 Å². The zero-order valence-corrected chi connectivity index (χ0v) is 15.3. The van der Waals surface area contributed by atoms with E-state index in [1.807, 2.05) is 22.9 Å². The van der Waals surface area contributed by atoms with Crippen LogP contribution >= 0.6 is 0 Å². The van der Waals surface area contributed by atoms with Crippen molar-refractivity contribution < 1.29 is 14.4 Å². The fourth-order valence-electron chi connectivity index (χ4n) is 8.43. The molecule has 3 aromatic rings. The van der Waals surface area contributed by atoms with Gasteiger partial charge in [-0.3, -0.25) is 4.79 Å². The highest BCUT2D eigenvalue weighted by molar-refractivity contribution is 5.90. The number of fused-ring (bicyclic) bond motifs is 1. The van der Waals surface area contributed by atoms with Crippen molar-refractivity contribution in [3.8, 4) is 11.4 Å². The molecule has 140 valence electrons. The summed E-state index contributed by atoms with van der Waals surface area (Å²) in [4.78, 5) is 16.8. The van der Waals surface area contributed by atoms with Crippen LogP contribution in [0.3, 0.4) is 0 Å². The maximum absolute atomic E-state index is 12.1. The van der Waals surface area contributed by atoms with Crippen LogP contribution in [0.1, 0.15) is 25.8 Å². The summed E-state index contributed by atoms with van der Waals surface area (Å²) in [6.45, 7) is 4.13. The summed E-state index contributed by atoms with van der Waals surface area (Å²) < 4.78 is 7.57. The third kappa shape index (κ3) is 0.962. The molecule has 0 radical (unpaired) electrons. The number of aromatic nitrogens is 5. The molecule has 4 unspecified atom stereocenters. The van der Waals surface area contributed by atoms with Gasteiger partial charge in [0.05, 0.1) is 16.3 Å². The molecule has 0 spiro atoms. The van der Waals surface area contributed by atoms with Gasteiger partial charge < -0.3 is 9.63 Å². The van der Waals surface area contributed by atoms with Crippen molar-refractivity contribution in [3.05, 3.63) is 24.1 Å². The Balaban J connectivity index is 1.21. The molecule has 9 rings (SSSR count). The largest absolute Gasteiger partial charge is 0.481 e. The minimum atomic E-state index is -0.657. The highest BCUT2D eigenvalue weighted by atomic mass is 16.5. The minimum absolute atomic E-state index is 0.230. The maximum atomic E-state index is 12.1. The van der Waals surface area contributed by atoms with E-state index in [9.17, 15) is 9.90 Å². The number of hydrogen-bond acceptors (Lipinski definition) is 6. The Bertz CT molecular complexity index is 1240. The highest BCUT2D eigenvalue weighted by Gasteiger charge is 3.14. The van der Waals surface area contributed by atoms with E-state index in [2.05, 4.69) is 29.3 Å². The topological polar surface area (TPSA) is 107 Å². The fraction of sp³-hybridized carbons (Fsp3) is 0.550. The van der Waals surface area contributed by atoms with Gasteiger partial charge in [0.2, 0.25) is 11.7 Å². The molecule has 2 heterocycles. The summed E-state index contributed by atoms with van der Waals surface area (Å²) in [7, 11) is 0. The van der Waals surface area contributed by atoms with Gasteiger partial charge in [0, 0.05) is 11.6 Å².